The van der Waals surface area contributed by atoms with Gasteiger partial charge in [-0.25, -0.2) is 0 Å². The zero-order valence-electron chi connectivity index (χ0n) is 14.7. The minimum Gasteiger partial charge on any atom is -0.379 e. The lowest BCUT2D eigenvalue weighted by Crippen LogP contribution is -2.23. The standard InChI is InChI=1S/C18H31N3O2/c1-4-5-10-22-12-13-23-11-9-20-18(19)21-17-8-6-7-16(14-17)15(2)3/h6-8,14-15H,4-5,9-13H2,1-3H3,(H3,19,20,21). The Bertz CT molecular complexity index is 461. The van der Waals surface area contributed by atoms with E-state index in [2.05, 4.69) is 43.2 Å². The number of hydrogen-bond donors (Lipinski definition) is 2. The van der Waals surface area contributed by atoms with Crippen LogP contribution in [0.5, 0.6) is 0 Å². The average molecular weight is 321 g/mol. The second kappa shape index (κ2) is 11.9. The van der Waals surface area contributed by atoms with E-state index >= 15 is 0 Å². The Morgan fingerprint density at radius 3 is 2.61 bits per heavy atom. The Kier molecular flexibility index (Phi) is 10.1. The van der Waals surface area contributed by atoms with Crippen molar-refractivity contribution >= 4 is 11.6 Å². The topological polar surface area (TPSA) is 68.9 Å². The molecule has 0 amide bonds. The monoisotopic (exact) mass is 321 g/mol. The van der Waals surface area contributed by atoms with Crippen molar-refractivity contribution in [3.63, 3.8) is 0 Å². The maximum absolute atomic E-state index is 5.89. The molecule has 3 N–H and O–H groups in total. The number of unbranched alkanes of at least 4 members (excludes halogenated alkanes) is 1. The fourth-order valence-corrected chi connectivity index (χ4v) is 1.96. The van der Waals surface area contributed by atoms with Gasteiger partial charge in [-0.15, -0.1) is 0 Å². The van der Waals surface area contributed by atoms with E-state index in [1.165, 1.54) is 5.56 Å². The second-order valence-electron chi connectivity index (χ2n) is 5.75. The Balaban J connectivity index is 2.18. The van der Waals surface area contributed by atoms with Crippen molar-refractivity contribution in [2.24, 2.45) is 10.7 Å². The van der Waals surface area contributed by atoms with Crippen LogP contribution in [0.15, 0.2) is 29.3 Å². The van der Waals surface area contributed by atoms with Gasteiger partial charge in [0.25, 0.3) is 0 Å². The van der Waals surface area contributed by atoms with Crippen LogP contribution in [0.25, 0.3) is 0 Å². The zero-order chi connectivity index (χ0) is 16.9. The maximum atomic E-state index is 5.89. The Labute approximate surface area is 140 Å². The summed E-state index contributed by atoms with van der Waals surface area (Å²) in [6, 6.07) is 8.21. The van der Waals surface area contributed by atoms with Crippen molar-refractivity contribution in [2.45, 2.75) is 39.5 Å². The molecule has 0 saturated carbocycles. The third-order valence-corrected chi connectivity index (χ3v) is 3.36. The molecule has 0 saturated heterocycles. The number of nitrogens with two attached hydrogens (primary N) is 1. The van der Waals surface area contributed by atoms with Crippen LogP contribution < -0.4 is 11.1 Å². The van der Waals surface area contributed by atoms with Gasteiger partial charge in [0.1, 0.15) is 0 Å². The highest BCUT2D eigenvalue weighted by molar-refractivity contribution is 5.92. The number of guanidine groups is 1. The summed E-state index contributed by atoms with van der Waals surface area (Å²) < 4.78 is 10.9. The van der Waals surface area contributed by atoms with Crippen LogP contribution in [0.1, 0.15) is 45.1 Å². The first-order chi connectivity index (χ1) is 11.1. The van der Waals surface area contributed by atoms with E-state index in [0.29, 0.717) is 38.2 Å². The molecule has 0 heterocycles. The number of nitrogens with one attached hydrogen (secondary N) is 1. The summed E-state index contributed by atoms with van der Waals surface area (Å²) in [5.74, 6) is 0.900. The fourth-order valence-electron chi connectivity index (χ4n) is 1.96. The first-order valence-electron chi connectivity index (χ1n) is 8.46. The Morgan fingerprint density at radius 1 is 1.17 bits per heavy atom. The summed E-state index contributed by atoms with van der Waals surface area (Å²) in [5.41, 5.74) is 8.12. The molecule has 130 valence electrons. The largest absolute Gasteiger partial charge is 0.379 e. The Morgan fingerprint density at radius 2 is 1.91 bits per heavy atom. The molecule has 1 rings (SSSR count). The molecule has 23 heavy (non-hydrogen) atoms. The first kappa shape index (κ1) is 19.5. The van der Waals surface area contributed by atoms with Gasteiger partial charge in [-0.1, -0.05) is 39.3 Å². The van der Waals surface area contributed by atoms with Crippen LogP contribution in [0.3, 0.4) is 0 Å². The van der Waals surface area contributed by atoms with Crippen molar-refractivity contribution in [3.05, 3.63) is 29.8 Å². The second-order valence-corrected chi connectivity index (χ2v) is 5.75. The fraction of sp³-hybridized carbons (Fsp3) is 0.611. The summed E-state index contributed by atoms with van der Waals surface area (Å²) in [7, 11) is 0. The smallest absolute Gasteiger partial charge is 0.193 e. The number of aliphatic imine (C=N–C) groups is 1. The zero-order valence-corrected chi connectivity index (χ0v) is 14.7. The number of anilines is 1. The molecule has 0 aliphatic heterocycles. The van der Waals surface area contributed by atoms with E-state index in [-0.39, 0.29) is 0 Å². The molecule has 0 unspecified atom stereocenters. The van der Waals surface area contributed by atoms with Gasteiger partial charge in [-0.3, -0.25) is 4.99 Å². The lowest BCUT2D eigenvalue weighted by atomic mass is 10.0. The van der Waals surface area contributed by atoms with Crippen LogP contribution in [-0.2, 0) is 9.47 Å². The van der Waals surface area contributed by atoms with E-state index in [1.54, 1.807) is 0 Å². The van der Waals surface area contributed by atoms with Crippen LogP contribution in [-0.4, -0.2) is 38.9 Å². The molecule has 0 aliphatic carbocycles. The molecule has 0 aliphatic rings. The maximum Gasteiger partial charge on any atom is 0.193 e. The number of hydrogen-bond acceptors (Lipinski definition) is 3. The van der Waals surface area contributed by atoms with Crippen molar-refractivity contribution in [3.8, 4) is 0 Å². The van der Waals surface area contributed by atoms with Gasteiger partial charge in [0, 0.05) is 12.3 Å². The molecular formula is C18H31N3O2. The highest BCUT2D eigenvalue weighted by Crippen LogP contribution is 2.18. The highest BCUT2D eigenvalue weighted by atomic mass is 16.5. The molecule has 0 aromatic heterocycles. The predicted octanol–water partition coefficient (Wildman–Crippen LogP) is 3.37. The molecular weight excluding hydrogens is 290 g/mol. The van der Waals surface area contributed by atoms with Crippen molar-refractivity contribution in [2.75, 3.05) is 38.3 Å². The minimum atomic E-state index is 0.411. The predicted molar refractivity (Wildman–Crippen MR) is 97.2 cm³/mol. The molecule has 0 radical (unpaired) electrons. The highest BCUT2D eigenvalue weighted by Gasteiger charge is 2.01. The van der Waals surface area contributed by atoms with Gasteiger partial charge < -0.3 is 20.5 Å². The molecule has 0 spiro atoms. The summed E-state index contributed by atoms with van der Waals surface area (Å²) in [6.07, 6.45) is 2.26. The van der Waals surface area contributed by atoms with Crippen molar-refractivity contribution < 1.29 is 9.47 Å². The number of rotatable bonds is 11. The van der Waals surface area contributed by atoms with Crippen molar-refractivity contribution in [1.29, 1.82) is 0 Å². The van der Waals surface area contributed by atoms with Gasteiger partial charge in [-0.2, -0.15) is 0 Å². The van der Waals surface area contributed by atoms with Crippen LogP contribution >= 0.6 is 0 Å². The third-order valence-electron chi connectivity index (χ3n) is 3.36. The van der Waals surface area contributed by atoms with Crippen LogP contribution in [0, 0.1) is 0 Å². The van der Waals surface area contributed by atoms with Crippen LogP contribution in [0.2, 0.25) is 0 Å². The van der Waals surface area contributed by atoms with Gasteiger partial charge >= 0.3 is 0 Å². The lowest BCUT2D eigenvalue weighted by molar-refractivity contribution is 0.0498. The third kappa shape index (κ3) is 9.21. The van der Waals surface area contributed by atoms with E-state index in [1.807, 2.05) is 12.1 Å². The Hall–Kier alpha value is -1.59. The summed E-state index contributed by atoms with van der Waals surface area (Å²) in [5, 5.41) is 3.11. The van der Waals surface area contributed by atoms with Gasteiger partial charge in [0.2, 0.25) is 0 Å². The number of benzene rings is 1. The molecule has 0 atom stereocenters. The van der Waals surface area contributed by atoms with Gasteiger partial charge in [-0.05, 0) is 30.0 Å². The van der Waals surface area contributed by atoms with E-state index < -0.39 is 0 Å². The van der Waals surface area contributed by atoms with E-state index in [0.717, 1.165) is 25.1 Å². The molecule has 5 heteroatoms. The summed E-state index contributed by atoms with van der Waals surface area (Å²) in [4.78, 5) is 4.26. The minimum absolute atomic E-state index is 0.411. The quantitative estimate of drug-likeness (QED) is 0.372. The molecule has 0 bridgehead atoms. The number of nitrogens with zero attached hydrogens (tertiary/aromatic N) is 1. The normalized spacial score (nSPS) is 11.9. The SMILES string of the molecule is CCCCOCCOCCN=C(N)Nc1cccc(C(C)C)c1. The molecule has 1 aromatic rings. The summed E-state index contributed by atoms with van der Waals surface area (Å²) in [6.45, 7) is 9.62. The lowest BCUT2D eigenvalue weighted by Gasteiger charge is -2.10. The first-order valence-corrected chi connectivity index (χ1v) is 8.46. The van der Waals surface area contributed by atoms with E-state index in [9.17, 15) is 0 Å². The van der Waals surface area contributed by atoms with E-state index in [4.69, 9.17) is 15.2 Å². The van der Waals surface area contributed by atoms with Crippen LogP contribution in [0.4, 0.5) is 5.69 Å². The summed E-state index contributed by atoms with van der Waals surface area (Å²) >= 11 is 0. The average Bonchev–Trinajstić information content (AvgIpc) is 2.53. The molecule has 1 aromatic carbocycles. The van der Waals surface area contributed by atoms with Gasteiger partial charge in [0.15, 0.2) is 5.96 Å². The van der Waals surface area contributed by atoms with Gasteiger partial charge in [0.05, 0.1) is 26.4 Å². The number of ether oxygens (including phenoxy) is 2. The van der Waals surface area contributed by atoms with Crippen molar-refractivity contribution in [1.82, 2.24) is 0 Å². The molecule has 0 fully saturated rings. The molecule has 5 nitrogen and oxygen atoms in total.